The van der Waals surface area contributed by atoms with E-state index >= 15 is 0 Å². The molecule has 0 spiro atoms. The molecule has 1 N–H and O–H groups in total. The van der Waals surface area contributed by atoms with E-state index in [4.69, 9.17) is 0 Å². The van der Waals surface area contributed by atoms with Crippen molar-refractivity contribution in [1.82, 2.24) is 10.2 Å². The highest BCUT2D eigenvalue weighted by Gasteiger charge is 2.34. The van der Waals surface area contributed by atoms with Gasteiger partial charge in [0.1, 0.15) is 0 Å². The van der Waals surface area contributed by atoms with Gasteiger partial charge in [-0.2, -0.15) is 0 Å². The van der Waals surface area contributed by atoms with E-state index in [-0.39, 0.29) is 5.54 Å². The first-order chi connectivity index (χ1) is 7.27. The molecule has 0 unspecified atom stereocenters. The predicted octanol–water partition coefficient (Wildman–Crippen LogP) is 2.89. The molecule has 0 aliphatic carbocycles. The Hall–Kier alpha value is -0.0800. The maximum Gasteiger partial charge on any atom is 0.0170 e. The van der Waals surface area contributed by atoms with E-state index in [1.807, 2.05) is 0 Å². The third kappa shape index (κ3) is 3.74. The first kappa shape index (κ1) is 14.0. The van der Waals surface area contributed by atoms with Crippen LogP contribution in [0, 0.1) is 5.92 Å². The fraction of sp³-hybridized carbons (Fsp3) is 1.00. The molecule has 0 saturated carbocycles. The highest BCUT2D eigenvalue weighted by molar-refractivity contribution is 4.92. The zero-order chi connectivity index (χ0) is 12.4. The summed E-state index contributed by atoms with van der Waals surface area (Å²) in [5, 5.41) is 3.42. The molecule has 1 saturated heterocycles. The minimum absolute atomic E-state index is 0.229. The lowest BCUT2D eigenvalue weighted by Gasteiger charge is -2.46. The second-order valence-electron chi connectivity index (χ2n) is 6.79. The Morgan fingerprint density at radius 3 is 2.06 bits per heavy atom. The van der Waals surface area contributed by atoms with Crippen molar-refractivity contribution in [3.63, 3.8) is 0 Å². The van der Waals surface area contributed by atoms with Gasteiger partial charge in [0.2, 0.25) is 0 Å². The van der Waals surface area contributed by atoms with Crippen molar-refractivity contribution >= 4 is 0 Å². The van der Waals surface area contributed by atoms with Crippen LogP contribution in [-0.2, 0) is 0 Å². The van der Waals surface area contributed by atoms with E-state index in [9.17, 15) is 0 Å². The van der Waals surface area contributed by atoms with Crippen LogP contribution in [0.3, 0.4) is 0 Å². The molecule has 1 aliphatic heterocycles. The van der Waals surface area contributed by atoms with Gasteiger partial charge < -0.3 is 5.32 Å². The van der Waals surface area contributed by atoms with Crippen molar-refractivity contribution in [2.24, 2.45) is 5.92 Å². The van der Waals surface area contributed by atoms with Gasteiger partial charge in [0, 0.05) is 11.1 Å². The summed E-state index contributed by atoms with van der Waals surface area (Å²) in [5.41, 5.74) is 0.541. The van der Waals surface area contributed by atoms with E-state index < -0.39 is 0 Å². The van der Waals surface area contributed by atoms with Crippen LogP contribution >= 0.6 is 0 Å². The minimum Gasteiger partial charge on any atom is -0.315 e. The Balaban J connectivity index is 2.56. The number of nitrogens with zero attached hydrogens (tertiary/aromatic N) is 1. The Morgan fingerprint density at radius 1 is 1.12 bits per heavy atom. The monoisotopic (exact) mass is 226 g/mol. The van der Waals surface area contributed by atoms with Gasteiger partial charge in [-0.05, 0) is 73.0 Å². The van der Waals surface area contributed by atoms with Gasteiger partial charge in [0.05, 0.1) is 0 Å². The van der Waals surface area contributed by atoms with E-state index in [1.54, 1.807) is 0 Å². The van der Waals surface area contributed by atoms with Crippen LogP contribution in [0.2, 0.25) is 0 Å². The number of nitrogens with one attached hydrogen (secondary N) is 1. The van der Waals surface area contributed by atoms with E-state index in [2.05, 4.69) is 51.9 Å². The third-order valence-corrected chi connectivity index (χ3v) is 4.19. The van der Waals surface area contributed by atoms with E-state index in [0.717, 1.165) is 5.92 Å². The summed E-state index contributed by atoms with van der Waals surface area (Å²) in [4.78, 5) is 2.67. The lowest BCUT2D eigenvalue weighted by atomic mass is 9.84. The molecule has 16 heavy (non-hydrogen) atoms. The van der Waals surface area contributed by atoms with E-state index in [1.165, 1.54) is 32.4 Å². The number of likely N-dealkylation sites (tertiary alicyclic amines) is 1. The zero-order valence-electron chi connectivity index (χ0n) is 12.1. The standard InChI is InChI=1S/C14H30N2/c1-12-7-9-16(10-8-12)14(4,5)11-13(2,3)15-6/h12,15H,7-11H2,1-6H3. The molecule has 0 radical (unpaired) electrons. The molecular weight excluding hydrogens is 196 g/mol. The molecule has 0 aromatic rings. The van der Waals surface area contributed by atoms with Crippen LogP contribution in [0.1, 0.15) is 53.9 Å². The summed E-state index contributed by atoms with van der Waals surface area (Å²) >= 11 is 0. The van der Waals surface area contributed by atoms with Crippen molar-refractivity contribution in [3.8, 4) is 0 Å². The second kappa shape index (κ2) is 5.05. The molecule has 2 nitrogen and oxygen atoms in total. The Bertz CT molecular complexity index is 213. The Labute approximate surface area is 102 Å². The van der Waals surface area contributed by atoms with Crippen LogP contribution in [0.5, 0.6) is 0 Å². The quantitative estimate of drug-likeness (QED) is 0.793. The highest BCUT2D eigenvalue weighted by atomic mass is 15.2. The molecule has 0 aromatic carbocycles. The van der Waals surface area contributed by atoms with Gasteiger partial charge in [0.25, 0.3) is 0 Å². The van der Waals surface area contributed by atoms with Crippen LogP contribution in [0.15, 0.2) is 0 Å². The van der Waals surface area contributed by atoms with Gasteiger partial charge in [-0.25, -0.2) is 0 Å². The van der Waals surface area contributed by atoms with Crippen molar-refractivity contribution in [3.05, 3.63) is 0 Å². The fourth-order valence-corrected chi connectivity index (χ4v) is 2.90. The summed E-state index contributed by atoms with van der Waals surface area (Å²) < 4.78 is 0. The molecule has 0 bridgehead atoms. The first-order valence-electron chi connectivity index (χ1n) is 6.71. The van der Waals surface area contributed by atoms with Gasteiger partial charge >= 0.3 is 0 Å². The summed E-state index contributed by atoms with van der Waals surface area (Å²) in [6.07, 6.45) is 3.93. The minimum atomic E-state index is 0.229. The molecule has 1 fully saturated rings. The van der Waals surface area contributed by atoms with Crippen molar-refractivity contribution in [1.29, 1.82) is 0 Å². The lowest BCUT2D eigenvalue weighted by Crippen LogP contribution is -2.53. The number of rotatable bonds is 4. The molecule has 1 aliphatic rings. The third-order valence-electron chi connectivity index (χ3n) is 4.19. The second-order valence-corrected chi connectivity index (χ2v) is 6.79. The van der Waals surface area contributed by atoms with Crippen LogP contribution in [0.4, 0.5) is 0 Å². The zero-order valence-corrected chi connectivity index (χ0v) is 12.1. The van der Waals surface area contributed by atoms with Crippen molar-refractivity contribution in [2.45, 2.75) is 65.0 Å². The maximum absolute atomic E-state index is 3.42. The summed E-state index contributed by atoms with van der Waals surface area (Å²) in [7, 11) is 2.06. The fourth-order valence-electron chi connectivity index (χ4n) is 2.90. The largest absolute Gasteiger partial charge is 0.315 e. The molecule has 1 rings (SSSR count). The summed E-state index contributed by atoms with van der Waals surface area (Å²) in [6.45, 7) is 14.3. The molecule has 2 heteroatoms. The molecule has 0 atom stereocenters. The molecule has 1 heterocycles. The molecule has 96 valence electrons. The average molecular weight is 226 g/mol. The normalized spacial score (nSPS) is 21.4. The summed E-state index contributed by atoms with van der Waals surface area (Å²) in [6, 6.07) is 0. The van der Waals surface area contributed by atoms with Crippen molar-refractivity contribution in [2.75, 3.05) is 20.1 Å². The van der Waals surface area contributed by atoms with E-state index in [0.29, 0.717) is 5.54 Å². The van der Waals surface area contributed by atoms with Crippen molar-refractivity contribution < 1.29 is 0 Å². The van der Waals surface area contributed by atoms with Gasteiger partial charge in [-0.3, -0.25) is 4.90 Å². The van der Waals surface area contributed by atoms with Crippen LogP contribution in [-0.4, -0.2) is 36.1 Å². The van der Waals surface area contributed by atoms with Gasteiger partial charge in [-0.1, -0.05) is 6.92 Å². The number of piperidine rings is 1. The maximum atomic E-state index is 3.42. The smallest absolute Gasteiger partial charge is 0.0170 e. The number of hydrogen-bond donors (Lipinski definition) is 1. The molecule has 0 amide bonds. The predicted molar refractivity (Wildman–Crippen MR) is 71.8 cm³/mol. The average Bonchev–Trinajstić information content (AvgIpc) is 2.17. The number of hydrogen-bond acceptors (Lipinski definition) is 2. The lowest BCUT2D eigenvalue weighted by molar-refractivity contribution is 0.0536. The van der Waals surface area contributed by atoms with Gasteiger partial charge in [-0.15, -0.1) is 0 Å². The van der Waals surface area contributed by atoms with Crippen LogP contribution in [0.25, 0.3) is 0 Å². The molecular formula is C14H30N2. The highest BCUT2D eigenvalue weighted by Crippen LogP contribution is 2.29. The van der Waals surface area contributed by atoms with Gasteiger partial charge in [0.15, 0.2) is 0 Å². The Morgan fingerprint density at radius 2 is 1.62 bits per heavy atom. The first-order valence-corrected chi connectivity index (χ1v) is 6.71. The summed E-state index contributed by atoms with van der Waals surface area (Å²) in [5.74, 6) is 0.921. The molecule has 0 aromatic heterocycles. The topological polar surface area (TPSA) is 15.3 Å². The Kier molecular flexibility index (Phi) is 4.42. The SMILES string of the molecule is CNC(C)(C)CC(C)(C)N1CCC(C)CC1. The van der Waals surface area contributed by atoms with Crippen LogP contribution < -0.4 is 5.32 Å².